The van der Waals surface area contributed by atoms with E-state index in [1.165, 1.54) is 11.3 Å². The molecule has 2 rings (SSSR count). The summed E-state index contributed by atoms with van der Waals surface area (Å²) in [6.07, 6.45) is 0.910. The maximum absolute atomic E-state index is 12.3. The number of hydrogen-bond acceptors (Lipinski definition) is 5. The van der Waals surface area contributed by atoms with Crippen LogP contribution in [-0.2, 0) is 0 Å². The van der Waals surface area contributed by atoms with Crippen molar-refractivity contribution in [2.24, 2.45) is 0 Å². The molecule has 21 heavy (non-hydrogen) atoms. The summed E-state index contributed by atoms with van der Waals surface area (Å²) in [7, 11) is 4.03. The van der Waals surface area contributed by atoms with E-state index >= 15 is 0 Å². The van der Waals surface area contributed by atoms with Crippen LogP contribution in [0.1, 0.15) is 16.1 Å². The second-order valence-electron chi connectivity index (χ2n) is 5.01. The number of rotatable bonds is 6. The Balaban J connectivity index is 2.08. The van der Waals surface area contributed by atoms with Crippen molar-refractivity contribution >= 4 is 22.4 Å². The molecule has 0 saturated heterocycles. The van der Waals surface area contributed by atoms with Gasteiger partial charge in [-0.05, 0) is 27.1 Å². The van der Waals surface area contributed by atoms with Crippen molar-refractivity contribution in [3.63, 3.8) is 0 Å². The van der Waals surface area contributed by atoms with Crippen molar-refractivity contribution < 1.29 is 4.79 Å². The molecule has 0 aliphatic rings. The van der Waals surface area contributed by atoms with E-state index in [1.807, 2.05) is 44.4 Å². The molecule has 112 valence electrons. The van der Waals surface area contributed by atoms with Gasteiger partial charge in [0, 0.05) is 12.1 Å². The summed E-state index contributed by atoms with van der Waals surface area (Å²) in [6, 6.07) is 9.63. The molecular weight excluding hydrogens is 284 g/mol. The predicted molar refractivity (Wildman–Crippen MR) is 87.5 cm³/mol. The average Bonchev–Trinajstić information content (AvgIpc) is 2.86. The number of carbonyl (C=O) groups excluding carboxylic acids is 1. The van der Waals surface area contributed by atoms with E-state index in [4.69, 9.17) is 5.73 Å². The fraction of sp³-hybridized carbons (Fsp3) is 0.333. The minimum Gasteiger partial charge on any atom is -0.375 e. The Bertz CT molecular complexity index is 595. The second kappa shape index (κ2) is 7.19. The summed E-state index contributed by atoms with van der Waals surface area (Å²) in [5.41, 5.74) is 7.33. The van der Waals surface area contributed by atoms with Gasteiger partial charge in [0.1, 0.15) is 4.88 Å². The number of nitrogens with two attached hydrogens (primary N) is 1. The zero-order valence-electron chi connectivity index (χ0n) is 12.3. The third kappa shape index (κ3) is 4.27. The van der Waals surface area contributed by atoms with E-state index in [0.717, 1.165) is 18.5 Å². The van der Waals surface area contributed by atoms with Crippen LogP contribution < -0.4 is 11.1 Å². The minimum absolute atomic E-state index is 0.109. The van der Waals surface area contributed by atoms with Crippen LogP contribution in [0.4, 0.5) is 5.13 Å². The van der Waals surface area contributed by atoms with Gasteiger partial charge in [0.05, 0.1) is 5.69 Å². The molecule has 0 bridgehead atoms. The third-order valence-corrected chi connectivity index (χ3v) is 3.85. The van der Waals surface area contributed by atoms with Crippen LogP contribution in [0.25, 0.3) is 11.3 Å². The molecule has 0 saturated carbocycles. The van der Waals surface area contributed by atoms with E-state index in [-0.39, 0.29) is 5.91 Å². The Morgan fingerprint density at radius 1 is 1.33 bits per heavy atom. The normalized spacial score (nSPS) is 10.8. The highest BCUT2D eigenvalue weighted by Gasteiger charge is 2.18. The number of nitrogens with zero attached hydrogens (tertiary/aromatic N) is 2. The summed E-state index contributed by atoms with van der Waals surface area (Å²) in [5, 5.41) is 3.34. The second-order valence-corrected chi connectivity index (χ2v) is 6.04. The van der Waals surface area contributed by atoms with Crippen molar-refractivity contribution in [1.29, 1.82) is 0 Å². The number of nitrogens with one attached hydrogen (secondary N) is 1. The van der Waals surface area contributed by atoms with Crippen LogP contribution in [0.2, 0.25) is 0 Å². The fourth-order valence-corrected chi connectivity index (χ4v) is 2.73. The van der Waals surface area contributed by atoms with Gasteiger partial charge >= 0.3 is 0 Å². The zero-order valence-corrected chi connectivity index (χ0v) is 13.1. The number of anilines is 1. The zero-order chi connectivity index (χ0) is 15.2. The van der Waals surface area contributed by atoms with Crippen molar-refractivity contribution in [2.75, 3.05) is 32.9 Å². The largest absolute Gasteiger partial charge is 0.375 e. The Hall–Kier alpha value is -1.92. The summed E-state index contributed by atoms with van der Waals surface area (Å²) >= 11 is 1.23. The quantitative estimate of drug-likeness (QED) is 0.802. The Kier molecular flexibility index (Phi) is 5.30. The maximum Gasteiger partial charge on any atom is 0.263 e. The van der Waals surface area contributed by atoms with Gasteiger partial charge in [-0.15, -0.1) is 0 Å². The first-order valence-corrected chi connectivity index (χ1v) is 7.64. The predicted octanol–water partition coefficient (Wildman–Crippen LogP) is 2.07. The van der Waals surface area contributed by atoms with Crippen LogP contribution in [-0.4, -0.2) is 43.0 Å². The average molecular weight is 304 g/mol. The number of aromatic nitrogens is 1. The van der Waals surface area contributed by atoms with E-state index in [1.54, 1.807) is 0 Å². The molecule has 6 heteroatoms. The van der Waals surface area contributed by atoms with E-state index in [9.17, 15) is 4.79 Å². The van der Waals surface area contributed by atoms with Gasteiger partial charge in [0.25, 0.3) is 5.91 Å². The fourth-order valence-electron chi connectivity index (χ4n) is 1.96. The van der Waals surface area contributed by atoms with Crippen LogP contribution in [0, 0.1) is 0 Å². The molecule has 1 heterocycles. The lowest BCUT2D eigenvalue weighted by Crippen LogP contribution is -2.26. The molecule has 1 aromatic carbocycles. The first-order valence-electron chi connectivity index (χ1n) is 6.82. The molecule has 5 nitrogen and oxygen atoms in total. The van der Waals surface area contributed by atoms with E-state index in [0.29, 0.717) is 22.2 Å². The van der Waals surface area contributed by atoms with Crippen molar-refractivity contribution in [3.05, 3.63) is 35.2 Å². The highest BCUT2D eigenvalue weighted by molar-refractivity contribution is 7.17. The number of thiazole rings is 1. The van der Waals surface area contributed by atoms with Gasteiger partial charge < -0.3 is 16.0 Å². The van der Waals surface area contributed by atoms with Gasteiger partial charge in [-0.2, -0.15) is 0 Å². The first-order chi connectivity index (χ1) is 10.1. The Labute approximate surface area is 128 Å². The summed E-state index contributed by atoms with van der Waals surface area (Å²) in [4.78, 5) is 19.2. The van der Waals surface area contributed by atoms with E-state index < -0.39 is 0 Å². The molecule has 3 N–H and O–H groups in total. The Morgan fingerprint density at radius 3 is 2.71 bits per heavy atom. The number of hydrogen-bond donors (Lipinski definition) is 2. The highest BCUT2D eigenvalue weighted by atomic mass is 32.1. The first kappa shape index (κ1) is 15.5. The molecule has 0 atom stereocenters. The molecule has 2 aromatic rings. The molecule has 0 unspecified atom stereocenters. The van der Waals surface area contributed by atoms with Gasteiger partial charge in [-0.3, -0.25) is 4.79 Å². The topological polar surface area (TPSA) is 71.2 Å². The molecule has 0 fully saturated rings. The van der Waals surface area contributed by atoms with Crippen molar-refractivity contribution in [2.45, 2.75) is 6.42 Å². The van der Waals surface area contributed by atoms with E-state index in [2.05, 4.69) is 15.2 Å². The monoisotopic (exact) mass is 304 g/mol. The number of carbonyl (C=O) groups is 1. The number of amides is 1. The lowest BCUT2D eigenvalue weighted by atomic mass is 10.1. The van der Waals surface area contributed by atoms with Gasteiger partial charge in [0.2, 0.25) is 0 Å². The van der Waals surface area contributed by atoms with Gasteiger partial charge in [-0.25, -0.2) is 4.98 Å². The molecule has 0 spiro atoms. The smallest absolute Gasteiger partial charge is 0.263 e. The van der Waals surface area contributed by atoms with Crippen LogP contribution >= 0.6 is 11.3 Å². The van der Waals surface area contributed by atoms with Gasteiger partial charge in [-0.1, -0.05) is 41.7 Å². The number of nitrogen functional groups attached to an aromatic ring is 1. The lowest BCUT2D eigenvalue weighted by Gasteiger charge is -2.09. The summed E-state index contributed by atoms with van der Waals surface area (Å²) in [6.45, 7) is 1.58. The lowest BCUT2D eigenvalue weighted by molar-refractivity contribution is 0.0957. The molecule has 0 radical (unpaired) electrons. The van der Waals surface area contributed by atoms with Gasteiger partial charge in [0.15, 0.2) is 5.13 Å². The van der Waals surface area contributed by atoms with Crippen LogP contribution in [0.3, 0.4) is 0 Å². The van der Waals surface area contributed by atoms with Crippen LogP contribution in [0.15, 0.2) is 30.3 Å². The SMILES string of the molecule is CN(C)CCCNC(=O)c1sc(N)nc1-c1ccccc1. The third-order valence-electron chi connectivity index (χ3n) is 2.96. The van der Waals surface area contributed by atoms with Crippen molar-refractivity contribution in [1.82, 2.24) is 15.2 Å². The molecule has 0 aliphatic heterocycles. The molecule has 1 aromatic heterocycles. The molecule has 1 amide bonds. The number of benzene rings is 1. The molecule has 0 aliphatic carbocycles. The Morgan fingerprint density at radius 2 is 2.05 bits per heavy atom. The minimum atomic E-state index is -0.109. The van der Waals surface area contributed by atoms with Crippen molar-refractivity contribution in [3.8, 4) is 11.3 Å². The van der Waals surface area contributed by atoms with Crippen LogP contribution in [0.5, 0.6) is 0 Å². The standard InChI is InChI=1S/C15H20N4OS/c1-19(2)10-6-9-17-14(20)13-12(18-15(16)21-13)11-7-4-3-5-8-11/h3-5,7-8H,6,9-10H2,1-2H3,(H2,16,18)(H,17,20). The molecular formula is C15H20N4OS. The summed E-state index contributed by atoms with van der Waals surface area (Å²) < 4.78 is 0. The summed E-state index contributed by atoms with van der Waals surface area (Å²) in [5.74, 6) is -0.109. The maximum atomic E-state index is 12.3. The highest BCUT2D eigenvalue weighted by Crippen LogP contribution is 2.29.